The number of hydrogen-bond acceptors (Lipinski definition) is 0. The molecular formula is C9H20. The van der Waals surface area contributed by atoms with Gasteiger partial charge in [-0.1, -0.05) is 34.1 Å². The third-order valence-electron chi connectivity index (χ3n) is 0.250. The Kier molecular flexibility index (Phi) is 87.3. The molecule has 0 aliphatic heterocycles. The molecule has 0 aromatic carbocycles. The van der Waals surface area contributed by atoms with E-state index in [9.17, 15) is 0 Å². The van der Waals surface area contributed by atoms with E-state index in [-0.39, 0.29) is 0 Å². The molecule has 0 bridgehead atoms. The van der Waals surface area contributed by atoms with E-state index in [0.717, 1.165) is 0 Å². The molecule has 0 radical (unpaired) electrons. The van der Waals surface area contributed by atoms with Gasteiger partial charge in [-0.05, 0) is 13.8 Å². The third kappa shape index (κ3) is 745. The van der Waals surface area contributed by atoms with Crippen molar-refractivity contribution in [1.82, 2.24) is 0 Å². The first-order valence-corrected chi connectivity index (χ1v) is 3.66. The van der Waals surface area contributed by atoms with Crippen LogP contribution in [0.4, 0.5) is 0 Å². The molecule has 0 heteroatoms. The maximum Gasteiger partial charge on any atom is -0.00271 e. The van der Waals surface area contributed by atoms with Gasteiger partial charge in [0, 0.05) is 0 Å². The van der Waals surface area contributed by atoms with Gasteiger partial charge in [0.1, 0.15) is 0 Å². The summed E-state index contributed by atoms with van der Waals surface area (Å²) >= 11 is 0. The molecule has 0 rings (SSSR count). The lowest BCUT2D eigenvalue weighted by molar-refractivity contribution is 1.09. The van der Waals surface area contributed by atoms with Crippen molar-refractivity contribution in [2.24, 2.45) is 0 Å². The van der Waals surface area contributed by atoms with Gasteiger partial charge in [-0.25, -0.2) is 0 Å². The molecule has 0 aliphatic rings. The lowest BCUT2D eigenvalue weighted by Crippen LogP contribution is -1.28. The van der Waals surface area contributed by atoms with E-state index in [2.05, 4.69) is 25.7 Å². The molecule has 0 amide bonds. The van der Waals surface area contributed by atoms with Crippen LogP contribution in [0.3, 0.4) is 0 Å². The molecule has 0 saturated carbocycles. The second kappa shape index (κ2) is 49.6. The lowest BCUT2D eigenvalue weighted by atomic mass is 10.6. The van der Waals surface area contributed by atoms with Gasteiger partial charge in [0.15, 0.2) is 0 Å². The van der Waals surface area contributed by atoms with Crippen molar-refractivity contribution in [3.05, 3.63) is 0 Å². The van der Waals surface area contributed by atoms with Gasteiger partial charge in [0.25, 0.3) is 0 Å². The van der Waals surface area contributed by atoms with Crippen molar-refractivity contribution in [2.75, 3.05) is 0 Å². The normalized spacial score (nSPS) is 4.22. The van der Waals surface area contributed by atoms with Crippen molar-refractivity contribution in [2.45, 2.75) is 48.0 Å². The van der Waals surface area contributed by atoms with Crippen molar-refractivity contribution in [3.8, 4) is 11.8 Å². The van der Waals surface area contributed by atoms with Crippen LogP contribution in [-0.2, 0) is 0 Å². The molecule has 0 saturated heterocycles. The van der Waals surface area contributed by atoms with Crippen molar-refractivity contribution < 1.29 is 0 Å². The molecule has 0 fully saturated rings. The zero-order valence-electron chi connectivity index (χ0n) is 7.71. The Hall–Kier alpha value is -0.440. The summed E-state index contributed by atoms with van der Waals surface area (Å²) in [6, 6.07) is 0. The van der Waals surface area contributed by atoms with Crippen LogP contribution in [0.25, 0.3) is 0 Å². The minimum Gasteiger partial charge on any atom is -0.107 e. The Bertz CT molecular complexity index is 46.2. The largest absolute Gasteiger partial charge is 0.107 e. The molecule has 0 atom stereocenters. The van der Waals surface area contributed by atoms with E-state index < -0.39 is 0 Å². The van der Waals surface area contributed by atoms with Crippen LogP contribution in [-0.4, -0.2) is 0 Å². The minimum absolute atomic E-state index is 1.25. The van der Waals surface area contributed by atoms with Crippen molar-refractivity contribution in [1.29, 1.82) is 0 Å². The molecule has 0 heterocycles. The summed E-state index contributed by atoms with van der Waals surface area (Å²) in [5.41, 5.74) is 0. The highest BCUT2D eigenvalue weighted by molar-refractivity contribution is 4.89. The average Bonchev–Trinajstić information content (AvgIpc) is 1.94. The second-order valence-electron chi connectivity index (χ2n) is 1.21. The summed E-state index contributed by atoms with van der Waals surface area (Å²) in [4.78, 5) is 0. The van der Waals surface area contributed by atoms with Gasteiger partial charge in [0.05, 0.1) is 0 Å². The van der Waals surface area contributed by atoms with E-state index >= 15 is 0 Å². The number of rotatable bonds is 0. The first-order valence-electron chi connectivity index (χ1n) is 3.66. The molecule has 0 unspecified atom stereocenters. The Morgan fingerprint density at radius 1 is 0.889 bits per heavy atom. The summed E-state index contributed by atoms with van der Waals surface area (Å²) in [5.74, 6) is 5.36. The Labute approximate surface area is 60.7 Å². The molecule has 0 aliphatic carbocycles. The Morgan fingerprint density at radius 3 is 1.00 bits per heavy atom. The highest BCUT2D eigenvalue weighted by atomic mass is 13.4. The Balaban J connectivity index is -0.0000000646. The van der Waals surface area contributed by atoms with Crippen LogP contribution in [0.2, 0.25) is 0 Å². The smallest absolute Gasteiger partial charge is 0.00271 e. The second-order valence-corrected chi connectivity index (χ2v) is 1.21. The first-order chi connectivity index (χ1) is 4.33. The van der Waals surface area contributed by atoms with Crippen LogP contribution in [0.15, 0.2) is 0 Å². The monoisotopic (exact) mass is 128 g/mol. The zero-order valence-corrected chi connectivity index (χ0v) is 7.71. The minimum atomic E-state index is 1.25. The maximum atomic E-state index is 2.68. The summed E-state index contributed by atoms with van der Waals surface area (Å²) in [6.07, 6.45) is 1.25. The molecule has 56 valence electrons. The molecular weight excluding hydrogens is 108 g/mol. The van der Waals surface area contributed by atoms with E-state index in [4.69, 9.17) is 0 Å². The number of hydrogen-bond donors (Lipinski definition) is 0. The lowest BCUT2D eigenvalue weighted by Gasteiger charge is -1.48. The standard InChI is InChI=1S/C4H6.C3H8.C2H6/c1-3-4-2;1-3-2;1-2/h1-2H3;3H2,1-2H3;1-2H3. The molecule has 0 N–H and O–H groups in total. The quantitative estimate of drug-likeness (QED) is 0.438. The van der Waals surface area contributed by atoms with Gasteiger partial charge in [-0.15, -0.1) is 11.8 Å². The first kappa shape index (κ1) is 15.8. The van der Waals surface area contributed by atoms with Crippen LogP contribution < -0.4 is 0 Å². The molecule has 0 nitrogen and oxygen atoms in total. The van der Waals surface area contributed by atoms with Crippen LogP contribution in [0.1, 0.15) is 48.0 Å². The fourth-order valence-electron chi connectivity index (χ4n) is 0. The van der Waals surface area contributed by atoms with E-state index in [1.54, 1.807) is 0 Å². The van der Waals surface area contributed by atoms with Crippen LogP contribution in [0.5, 0.6) is 0 Å². The summed E-state index contributed by atoms with van der Waals surface area (Å²) in [5, 5.41) is 0. The van der Waals surface area contributed by atoms with Gasteiger partial charge in [0.2, 0.25) is 0 Å². The molecule has 0 aromatic heterocycles. The Morgan fingerprint density at radius 2 is 1.00 bits per heavy atom. The fourth-order valence-corrected chi connectivity index (χ4v) is 0. The SMILES string of the molecule is CC.CC#CC.CCC. The van der Waals surface area contributed by atoms with E-state index in [1.807, 2.05) is 27.7 Å². The topological polar surface area (TPSA) is 0 Å². The van der Waals surface area contributed by atoms with Gasteiger partial charge in [-0.2, -0.15) is 0 Å². The molecule has 0 aromatic rings. The van der Waals surface area contributed by atoms with E-state index in [0.29, 0.717) is 0 Å². The predicted molar refractivity (Wildman–Crippen MR) is 46.4 cm³/mol. The van der Waals surface area contributed by atoms with Crippen LogP contribution >= 0.6 is 0 Å². The van der Waals surface area contributed by atoms with Gasteiger partial charge >= 0.3 is 0 Å². The summed E-state index contributed by atoms with van der Waals surface area (Å²) in [6.45, 7) is 11.9. The highest BCUT2D eigenvalue weighted by Crippen LogP contribution is 1.56. The molecule has 0 spiro atoms. The van der Waals surface area contributed by atoms with E-state index in [1.165, 1.54) is 6.42 Å². The van der Waals surface area contributed by atoms with Gasteiger partial charge in [-0.3, -0.25) is 0 Å². The van der Waals surface area contributed by atoms with Crippen molar-refractivity contribution in [3.63, 3.8) is 0 Å². The fraction of sp³-hybridized carbons (Fsp3) is 0.778. The predicted octanol–water partition coefficient (Wildman–Crippen LogP) is 3.47. The van der Waals surface area contributed by atoms with Crippen molar-refractivity contribution >= 4 is 0 Å². The summed E-state index contributed by atoms with van der Waals surface area (Å²) in [7, 11) is 0. The van der Waals surface area contributed by atoms with Crippen LogP contribution in [0, 0.1) is 11.8 Å². The third-order valence-corrected chi connectivity index (χ3v) is 0.250. The zero-order chi connectivity index (χ0) is 8.12. The maximum absolute atomic E-state index is 2.68. The van der Waals surface area contributed by atoms with Gasteiger partial charge < -0.3 is 0 Å². The molecule has 9 heavy (non-hydrogen) atoms. The summed E-state index contributed by atoms with van der Waals surface area (Å²) < 4.78 is 0. The average molecular weight is 128 g/mol. The highest BCUT2D eigenvalue weighted by Gasteiger charge is 1.35.